The van der Waals surface area contributed by atoms with Crippen LogP contribution in [0.4, 0.5) is 0 Å². The number of rotatable bonds is 4. The Hall–Kier alpha value is 0. The van der Waals surface area contributed by atoms with Crippen LogP contribution in [0.15, 0.2) is 0 Å². The van der Waals surface area contributed by atoms with Crippen LogP contribution in [0.1, 0.15) is 66.7 Å². The molecule has 0 aliphatic heterocycles. The number of fused-ring (bicyclic) bond motifs is 1. The summed E-state index contributed by atoms with van der Waals surface area (Å²) in [5.74, 6) is 5.11. The Kier molecular flexibility index (Phi) is 3.39. The molecule has 0 aromatic heterocycles. The van der Waals surface area contributed by atoms with Crippen molar-refractivity contribution in [1.82, 2.24) is 0 Å². The third-order valence-electron chi connectivity index (χ3n) is 6.23. The molecule has 0 aromatic carbocycles. The van der Waals surface area contributed by atoms with Crippen LogP contribution in [0.2, 0.25) is 0 Å². The molecule has 0 heterocycles. The molecule has 6 unspecified atom stereocenters. The van der Waals surface area contributed by atoms with Crippen molar-refractivity contribution in [3.63, 3.8) is 0 Å². The molecule has 0 aromatic rings. The average Bonchev–Trinajstić information content (AvgIpc) is 2.52. The molecule has 0 nitrogen and oxygen atoms in total. The molecule has 0 heteroatoms. The zero-order valence-electron chi connectivity index (χ0n) is 11.9. The average molecular weight is 222 g/mol. The molecule has 2 fully saturated rings. The van der Waals surface area contributed by atoms with Crippen LogP contribution in [0, 0.1) is 35.0 Å². The van der Waals surface area contributed by atoms with Gasteiger partial charge in [0, 0.05) is 0 Å². The van der Waals surface area contributed by atoms with Gasteiger partial charge < -0.3 is 0 Å². The largest absolute Gasteiger partial charge is 0.0654 e. The molecule has 16 heavy (non-hydrogen) atoms. The molecule has 2 aliphatic rings. The fourth-order valence-electron chi connectivity index (χ4n) is 5.58. The minimum Gasteiger partial charge on any atom is -0.0654 e. The van der Waals surface area contributed by atoms with Crippen LogP contribution in [0.5, 0.6) is 0 Å². The van der Waals surface area contributed by atoms with Gasteiger partial charge in [-0.05, 0) is 54.3 Å². The summed E-state index contributed by atoms with van der Waals surface area (Å²) in [6.45, 7) is 12.3. The third-order valence-corrected chi connectivity index (χ3v) is 6.23. The van der Waals surface area contributed by atoms with Crippen LogP contribution < -0.4 is 0 Å². The van der Waals surface area contributed by atoms with Crippen molar-refractivity contribution < 1.29 is 0 Å². The first-order valence-corrected chi connectivity index (χ1v) is 7.58. The van der Waals surface area contributed by atoms with Gasteiger partial charge in [0.25, 0.3) is 0 Å². The molecule has 2 aliphatic carbocycles. The number of hydrogen-bond acceptors (Lipinski definition) is 0. The zero-order valence-corrected chi connectivity index (χ0v) is 11.9. The monoisotopic (exact) mass is 222 g/mol. The summed E-state index contributed by atoms with van der Waals surface area (Å²) in [7, 11) is 0. The van der Waals surface area contributed by atoms with Crippen LogP contribution in [0.3, 0.4) is 0 Å². The Labute approximate surface area is 102 Å². The summed E-state index contributed by atoms with van der Waals surface area (Å²) in [5.41, 5.74) is 0.727. The topological polar surface area (TPSA) is 0 Å². The van der Waals surface area contributed by atoms with Gasteiger partial charge in [0.15, 0.2) is 0 Å². The molecule has 0 saturated heterocycles. The molecule has 2 saturated carbocycles. The van der Waals surface area contributed by atoms with Crippen molar-refractivity contribution in [2.45, 2.75) is 66.7 Å². The lowest BCUT2D eigenvalue weighted by atomic mass is 9.43. The lowest BCUT2D eigenvalue weighted by molar-refractivity contribution is -0.133. The van der Waals surface area contributed by atoms with E-state index in [2.05, 4.69) is 34.6 Å². The normalized spacial score (nSPS) is 51.2. The fourth-order valence-corrected chi connectivity index (χ4v) is 5.58. The maximum atomic E-state index is 2.55. The van der Waals surface area contributed by atoms with Crippen molar-refractivity contribution in [1.29, 1.82) is 0 Å². The smallest absolute Gasteiger partial charge is 0.0238 e. The lowest BCUT2D eigenvalue weighted by Gasteiger charge is -2.61. The summed E-state index contributed by atoms with van der Waals surface area (Å²) >= 11 is 0. The number of unbranched alkanes of at least 4 members (excludes halogenated alkanes) is 1. The highest BCUT2D eigenvalue weighted by atomic mass is 14.7. The van der Waals surface area contributed by atoms with E-state index in [0.29, 0.717) is 0 Å². The van der Waals surface area contributed by atoms with E-state index in [0.717, 1.165) is 35.0 Å². The molecule has 0 bridgehead atoms. The van der Waals surface area contributed by atoms with E-state index in [1.807, 2.05) is 0 Å². The quantitative estimate of drug-likeness (QED) is 0.618. The van der Waals surface area contributed by atoms with Gasteiger partial charge in [0.05, 0.1) is 0 Å². The maximum absolute atomic E-state index is 2.55. The van der Waals surface area contributed by atoms with Gasteiger partial charge in [0.2, 0.25) is 0 Å². The van der Waals surface area contributed by atoms with Crippen molar-refractivity contribution in [2.24, 2.45) is 35.0 Å². The molecule has 0 amide bonds. The molecule has 0 radical (unpaired) electrons. The van der Waals surface area contributed by atoms with E-state index in [4.69, 9.17) is 0 Å². The van der Waals surface area contributed by atoms with Crippen molar-refractivity contribution in [3.8, 4) is 0 Å². The Balaban J connectivity index is 2.15. The maximum Gasteiger partial charge on any atom is -0.0238 e. The first-order chi connectivity index (χ1) is 7.58. The third kappa shape index (κ3) is 1.48. The van der Waals surface area contributed by atoms with Crippen molar-refractivity contribution in [2.75, 3.05) is 0 Å². The van der Waals surface area contributed by atoms with E-state index in [1.165, 1.54) is 32.1 Å². The van der Waals surface area contributed by atoms with Gasteiger partial charge in [-0.25, -0.2) is 0 Å². The van der Waals surface area contributed by atoms with Crippen LogP contribution in [0.25, 0.3) is 0 Å². The summed E-state index contributed by atoms with van der Waals surface area (Å²) in [6, 6.07) is 0. The SMILES string of the molecule is CCCCC1(CC)C(C)C2C(C)CC(C)C21. The molecule has 94 valence electrons. The van der Waals surface area contributed by atoms with Gasteiger partial charge >= 0.3 is 0 Å². The first-order valence-electron chi connectivity index (χ1n) is 7.58. The standard InChI is InChI=1S/C16H30/c1-6-8-9-16(7-2)13(5)14-11(3)10-12(4)15(14)16/h11-15H,6-10H2,1-5H3. The van der Waals surface area contributed by atoms with Gasteiger partial charge in [-0.15, -0.1) is 0 Å². The Morgan fingerprint density at radius 1 is 1.06 bits per heavy atom. The van der Waals surface area contributed by atoms with E-state index in [1.54, 1.807) is 0 Å². The Morgan fingerprint density at radius 2 is 1.75 bits per heavy atom. The summed E-state index contributed by atoms with van der Waals surface area (Å²) in [4.78, 5) is 0. The first kappa shape index (κ1) is 12.5. The highest BCUT2D eigenvalue weighted by Gasteiger charge is 2.63. The minimum absolute atomic E-state index is 0.727. The van der Waals surface area contributed by atoms with E-state index in [-0.39, 0.29) is 0 Å². The van der Waals surface area contributed by atoms with Gasteiger partial charge in [-0.3, -0.25) is 0 Å². The summed E-state index contributed by atoms with van der Waals surface area (Å²) in [6.07, 6.45) is 7.23. The predicted molar refractivity (Wildman–Crippen MR) is 71.3 cm³/mol. The fraction of sp³-hybridized carbons (Fsp3) is 1.00. The summed E-state index contributed by atoms with van der Waals surface area (Å²) in [5, 5.41) is 0. The predicted octanol–water partition coefficient (Wildman–Crippen LogP) is 5.13. The minimum atomic E-state index is 0.727. The highest BCUT2D eigenvalue weighted by molar-refractivity contribution is 5.11. The molecular weight excluding hydrogens is 192 g/mol. The second kappa shape index (κ2) is 4.35. The second-order valence-electron chi connectivity index (χ2n) is 6.77. The van der Waals surface area contributed by atoms with Crippen molar-refractivity contribution in [3.05, 3.63) is 0 Å². The van der Waals surface area contributed by atoms with E-state index >= 15 is 0 Å². The van der Waals surface area contributed by atoms with Crippen LogP contribution in [-0.4, -0.2) is 0 Å². The Morgan fingerprint density at radius 3 is 2.31 bits per heavy atom. The van der Waals surface area contributed by atoms with Gasteiger partial charge in [-0.1, -0.05) is 47.5 Å². The summed E-state index contributed by atoms with van der Waals surface area (Å²) < 4.78 is 0. The van der Waals surface area contributed by atoms with Gasteiger partial charge in [0.1, 0.15) is 0 Å². The van der Waals surface area contributed by atoms with E-state index < -0.39 is 0 Å². The molecule has 2 rings (SSSR count). The van der Waals surface area contributed by atoms with E-state index in [9.17, 15) is 0 Å². The molecule has 6 atom stereocenters. The Bertz CT molecular complexity index is 244. The highest BCUT2D eigenvalue weighted by Crippen LogP contribution is 2.69. The second-order valence-corrected chi connectivity index (χ2v) is 6.77. The molecular formula is C16H30. The molecule has 0 spiro atoms. The van der Waals surface area contributed by atoms with Crippen LogP contribution >= 0.6 is 0 Å². The van der Waals surface area contributed by atoms with Gasteiger partial charge in [-0.2, -0.15) is 0 Å². The zero-order chi connectivity index (χ0) is 11.9. The lowest BCUT2D eigenvalue weighted by Crippen LogP contribution is -2.55. The number of hydrogen-bond donors (Lipinski definition) is 0. The molecule has 0 N–H and O–H groups in total. The van der Waals surface area contributed by atoms with Crippen LogP contribution in [-0.2, 0) is 0 Å². The van der Waals surface area contributed by atoms with Crippen molar-refractivity contribution >= 4 is 0 Å².